The van der Waals surface area contributed by atoms with E-state index in [1.807, 2.05) is 30.4 Å². The second kappa shape index (κ2) is 17.1. The summed E-state index contributed by atoms with van der Waals surface area (Å²) in [5.74, 6) is -0.100. The topological polar surface area (TPSA) is 142 Å². The Morgan fingerprint density at radius 2 is 1.86 bits per heavy atom. The van der Waals surface area contributed by atoms with Gasteiger partial charge < -0.3 is 25.5 Å². The molecule has 2 rings (SSSR count). The van der Waals surface area contributed by atoms with Gasteiger partial charge in [0.15, 0.2) is 0 Å². The largest absolute Gasteiger partial charge is 0.393 e. The molecule has 1 aliphatic rings. The Kier molecular flexibility index (Phi) is 14.1. The van der Waals surface area contributed by atoms with Crippen LogP contribution in [0.4, 0.5) is 0 Å². The summed E-state index contributed by atoms with van der Waals surface area (Å²) in [7, 11) is 0. The van der Waals surface area contributed by atoms with Crippen molar-refractivity contribution in [3.8, 4) is 0 Å². The number of hydrogen-bond acceptors (Lipinski definition) is 7. The van der Waals surface area contributed by atoms with E-state index in [9.17, 15) is 30.2 Å². The predicted octanol–water partition coefficient (Wildman–Crippen LogP) is 3.34. The minimum absolute atomic E-state index is 0.0276. The van der Waals surface area contributed by atoms with Crippen LogP contribution in [0, 0.1) is 22.0 Å². The van der Waals surface area contributed by atoms with Crippen molar-refractivity contribution in [1.82, 2.24) is 5.32 Å². The van der Waals surface area contributed by atoms with Crippen molar-refractivity contribution in [3.63, 3.8) is 0 Å². The maximum Gasteiger partial charge on any atom is 0.294 e. The van der Waals surface area contributed by atoms with E-state index in [-0.39, 0.29) is 24.3 Å². The molecule has 0 bridgehead atoms. The quantitative estimate of drug-likeness (QED) is 0.103. The van der Waals surface area contributed by atoms with Crippen LogP contribution in [0.15, 0.2) is 42.5 Å². The molecule has 0 aromatic heterocycles. The van der Waals surface area contributed by atoms with E-state index < -0.39 is 23.4 Å². The summed E-state index contributed by atoms with van der Waals surface area (Å²) >= 11 is 0. The van der Waals surface area contributed by atoms with Gasteiger partial charge in [0.1, 0.15) is 0 Å². The number of hydrogen-bond donors (Lipinski definition) is 4. The summed E-state index contributed by atoms with van der Waals surface area (Å²) in [6, 6.07) is 10.1. The molecule has 1 amide bonds. The van der Waals surface area contributed by atoms with Crippen LogP contribution in [0.5, 0.6) is 0 Å². The fraction of sp³-hybridized carbons (Fsp3) is 0.667. The van der Waals surface area contributed by atoms with Gasteiger partial charge in [0.05, 0.1) is 24.9 Å². The van der Waals surface area contributed by atoms with E-state index in [1.165, 1.54) is 5.56 Å². The molecule has 5 atom stereocenters. The zero-order valence-corrected chi connectivity index (χ0v) is 21.0. The highest BCUT2D eigenvalue weighted by Gasteiger charge is 2.40. The maximum atomic E-state index is 11.8. The second-order valence-electron chi connectivity index (χ2n) is 9.67. The molecule has 0 heterocycles. The molecule has 1 fully saturated rings. The number of carbonyl (C=O) groups is 1. The summed E-state index contributed by atoms with van der Waals surface area (Å²) < 4.78 is 0. The molecular weight excluding hydrogens is 464 g/mol. The highest BCUT2D eigenvalue weighted by Crippen LogP contribution is 2.38. The smallest absolute Gasteiger partial charge is 0.294 e. The summed E-state index contributed by atoms with van der Waals surface area (Å²) in [4.78, 5) is 26.1. The number of aliphatic hydroxyl groups excluding tert-OH is 3. The Morgan fingerprint density at radius 1 is 1.11 bits per heavy atom. The van der Waals surface area contributed by atoms with Crippen molar-refractivity contribution in [2.24, 2.45) is 11.8 Å². The number of unbranched alkanes of at least 4 members (excludes halogenated alkanes) is 2. The van der Waals surface area contributed by atoms with Gasteiger partial charge in [-0.3, -0.25) is 4.79 Å². The third-order valence-corrected chi connectivity index (χ3v) is 6.90. The highest BCUT2D eigenvalue weighted by molar-refractivity contribution is 5.75. The molecular formula is C27H42N2O7. The Labute approximate surface area is 213 Å². The molecule has 1 saturated carbocycles. The zero-order chi connectivity index (χ0) is 26.2. The number of amides is 1. The molecule has 36 heavy (non-hydrogen) atoms. The summed E-state index contributed by atoms with van der Waals surface area (Å²) in [5, 5.41) is 43.3. The second-order valence-corrected chi connectivity index (χ2v) is 9.67. The van der Waals surface area contributed by atoms with E-state index >= 15 is 0 Å². The highest BCUT2D eigenvalue weighted by atomic mass is 16.9. The van der Waals surface area contributed by atoms with Crippen LogP contribution in [-0.4, -0.2) is 57.8 Å². The Morgan fingerprint density at radius 3 is 2.61 bits per heavy atom. The van der Waals surface area contributed by atoms with Gasteiger partial charge in [0.2, 0.25) is 5.91 Å². The van der Waals surface area contributed by atoms with Crippen LogP contribution in [0.25, 0.3) is 0 Å². The van der Waals surface area contributed by atoms with E-state index in [1.54, 1.807) is 0 Å². The van der Waals surface area contributed by atoms with Crippen molar-refractivity contribution in [2.75, 3.05) is 13.2 Å². The SMILES string of the molecule is O=C(CCCC=CC[C@@H]1[C@@H](CC[C@@H](O)CCc2ccccc2)[C@H](O)C[C@@H]1O)NCCCCO[N+](=O)[O-]. The zero-order valence-electron chi connectivity index (χ0n) is 21.0. The van der Waals surface area contributed by atoms with E-state index in [4.69, 9.17) is 0 Å². The number of carbonyl (C=O) groups excluding carboxylic acids is 1. The van der Waals surface area contributed by atoms with Crippen LogP contribution in [0.1, 0.15) is 69.8 Å². The Balaban J connectivity index is 1.60. The van der Waals surface area contributed by atoms with Gasteiger partial charge in [-0.2, -0.15) is 0 Å². The van der Waals surface area contributed by atoms with Crippen molar-refractivity contribution in [3.05, 3.63) is 58.2 Å². The van der Waals surface area contributed by atoms with Gasteiger partial charge in [-0.05, 0) is 81.6 Å². The molecule has 202 valence electrons. The number of benzene rings is 1. The lowest BCUT2D eigenvalue weighted by atomic mass is 9.85. The molecule has 0 aliphatic heterocycles. The molecule has 0 spiro atoms. The van der Waals surface area contributed by atoms with Crippen LogP contribution < -0.4 is 5.32 Å². The van der Waals surface area contributed by atoms with Gasteiger partial charge in [-0.1, -0.05) is 42.5 Å². The van der Waals surface area contributed by atoms with Crippen LogP contribution in [-0.2, 0) is 16.1 Å². The van der Waals surface area contributed by atoms with Crippen molar-refractivity contribution >= 4 is 5.91 Å². The van der Waals surface area contributed by atoms with Crippen molar-refractivity contribution in [1.29, 1.82) is 0 Å². The first-order valence-corrected chi connectivity index (χ1v) is 13.1. The number of aryl methyl sites for hydroxylation is 1. The maximum absolute atomic E-state index is 11.8. The third kappa shape index (κ3) is 12.0. The summed E-state index contributed by atoms with van der Waals surface area (Å²) in [6.07, 6.45) is 9.38. The lowest BCUT2D eigenvalue weighted by molar-refractivity contribution is -0.757. The lowest BCUT2D eigenvalue weighted by Gasteiger charge is -2.23. The number of rotatable bonds is 18. The Bertz CT molecular complexity index is 790. The molecule has 1 aliphatic carbocycles. The predicted molar refractivity (Wildman–Crippen MR) is 136 cm³/mol. The molecule has 1 aromatic rings. The standard InChI is InChI=1S/C27H42N2O7/c30-22(15-14-21-10-4-3-5-11-21)16-17-24-23(25(31)20-26(24)32)12-6-1-2-7-13-27(33)28-18-8-9-19-36-29(34)35/h1,3-6,10-11,22-26,30-32H,2,7-9,12-20H2,(H,28,33)/t22-,23+,24+,25-,26+/m0/s1. The lowest BCUT2D eigenvalue weighted by Crippen LogP contribution is -2.24. The van der Waals surface area contributed by atoms with Crippen LogP contribution >= 0.6 is 0 Å². The molecule has 9 nitrogen and oxygen atoms in total. The summed E-state index contributed by atoms with van der Waals surface area (Å²) in [5.41, 5.74) is 1.20. The van der Waals surface area contributed by atoms with Gasteiger partial charge in [0, 0.05) is 13.0 Å². The van der Waals surface area contributed by atoms with Gasteiger partial charge >= 0.3 is 0 Å². The number of aliphatic hydroxyl groups is 3. The number of allylic oxidation sites excluding steroid dienone is 2. The number of nitrogens with zero attached hydrogens (tertiary/aromatic N) is 1. The minimum Gasteiger partial charge on any atom is -0.393 e. The van der Waals surface area contributed by atoms with E-state index in [0.29, 0.717) is 64.3 Å². The molecule has 4 N–H and O–H groups in total. The van der Waals surface area contributed by atoms with Gasteiger partial charge in [-0.25, -0.2) is 0 Å². The first-order chi connectivity index (χ1) is 17.4. The fourth-order valence-electron chi connectivity index (χ4n) is 4.85. The normalized spacial score (nSPS) is 22.5. The van der Waals surface area contributed by atoms with Crippen molar-refractivity contribution in [2.45, 2.75) is 88.9 Å². The molecule has 0 saturated heterocycles. The van der Waals surface area contributed by atoms with Crippen LogP contribution in [0.3, 0.4) is 0 Å². The van der Waals surface area contributed by atoms with Gasteiger partial charge in [-0.15, -0.1) is 10.1 Å². The third-order valence-electron chi connectivity index (χ3n) is 6.90. The minimum atomic E-state index is -0.819. The van der Waals surface area contributed by atoms with E-state index in [2.05, 4.69) is 22.3 Å². The monoisotopic (exact) mass is 506 g/mol. The first-order valence-electron chi connectivity index (χ1n) is 13.1. The van der Waals surface area contributed by atoms with Crippen LogP contribution in [0.2, 0.25) is 0 Å². The average Bonchev–Trinajstić information content (AvgIpc) is 3.12. The molecule has 1 aromatic carbocycles. The van der Waals surface area contributed by atoms with Gasteiger partial charge in [0.25, 0.3) is 5.09 Å². The average molecular weight is 507 g/mol. The molecule has 0 radical (unpaired) electrons. The molecule has 0 unspecified atom stereocenters. The first kappa shape index (κ1) is 29.7. The van der Waals surface area contributed by atoms with Crippen molar-refractivity contribution < 1.29 is 30.0 Å². The summed E-state index contributed by atoms with van der Waals surface area (Å²) in [6.45, 7) is 0.510. The Hall–Kier alpha value is -2.49. The van der Waals surface area contributed by atoms with E-state index in [0.717, 1.165) is 12.8 Å². The number of nitrogens with one attached hydrogen (secondary N) is 1. The molecule has 9 heteroatoms. The fourth-order valence-corrected chi connectivity index (χ4v) is 4.85.